The monoisotopic (exact) mass is 250 g/mol. The Hall–Kier alpha value is -1.88. The first-order chi connectivity index (χ1) is 8.63. The number of hydrogen-bond acceptors (Lipinski definition) is 4. The van der Waals surface area contributed by atoms with Crippen molar-refractivity contribution in [3.8, 4) is 0 Å². The summed E-state index contributed by atoms with van der Waals surface area (Å²) < 4.78 is 5.07. The number of ether oxygens (including phenoxy) is 1. The van der Waals surface area contributed by atoms with Crippen LogP contribution in [0.5, 0.6) is 0 Å². The molecule has 0 aliphatic rings. The summed E-state index contributed by atoms with van der Waals surface area (Å²) in [6.45, 7) is 0.245. The summed E-state index contributed by atoms with van der Waals surface area (Å²) in [7, 11) is 1.51. The Labute approximate surface area is 106 Å². The molecule has 0 fully saturated rings. The quantitative estimate of drug-likeness (QED) is 0.724. The van der Waals surface area contributed by atoms with E-state index in [2.05, 4.69) is 5.32 Å². The lowest BCUT2D eigenvalue weighted by molar-refractivity contribution is -0.145. The molecule has 0 aliphatic heterocycles. The Kier molecular flexibility index (Phi) is 5.87. The smallest absolute Gasteiger partial charge is 0.306 e. The van der Waals surface area contributed by atoms with Gasteiger partial charge in [0.1, 0.15) is 6.61 Å². The number of rotatable bonds is 6. The summed E-state index contributed by atoms with van der Waals surface area (Å²) in [5.74, 6) is -0.621. The molecule has 0 spiro atoms. The molecule has 0 unspecified atom stereocenters. The van der Waals surface area contributed by atoms with Crippen molar-refractivity contribution in [3.05, 3.63) is 35.9 Å². The summed E-state index contributed by atoms with van der Waals surface area (Å²) in [5, 5.41) is 2.43. The zero-order chi connectivity index (χ0) is 13.4. The van der Waals surface area contributed by atoms with Crippen LogP contribution in [-0.2, 0) is 20.9 Å². The molecule has 5 heteroatoms. The van der Waals surface area contributed by atoms with Crippen LogP contribution in [0.1, 0.15) is 18.4 Å². The van der Waals surface area contributed by atoms with Crippen molar-refractivity contribution in [3.63, 3.8) is 0 Å². The molecule has 3 N–H and O–H groups in total. The predicted octanol–water partition coefficient (Wildman–Crippen LogP) is 0.583. The molecule has 18 heavy (non-hydrogen) atoms. The van der Waals surface area contributed by atoms with Crippen LogP contribution in [0.25, 0.3) is 0 Å². The van der Waals surface area contributed by atoms with Gasteiger partial charge in [-0.1, -0.05) is 30.3 Å². The molecule has 0 aliphatic carbocycles. The lowest BCUT2D eigenvalue weighted by atomic mass is 10.1. The SMILES string of the molecule is CNC(=O)[C@H](N)CCC(=O)OCc1ccccc1. The molecule has 1 amide bonds. The number of nitrogens with one attached hydrogen (secondary N) is 1. The molecular formula is C13H18N2O3. The van der Waals surface area contributed by atoms with E-state index in [4.69, 9.17) is 10.5 Å². The molecule has 1 rings (SSSR count). The van der Waals surface area contributed by atoms with Crippen molar-refractivity contribution in [2.24, 2.45) is 5.73 Å². The van der Waals surface area contributed by atoms with Gasteiger partial charge in [0, 0.05) is 13.5 Å². The predicted molar refractivity (Wildman–Crippen MR) is 67.5 cm³/mol. The zero-order valence-electron chi connectivity index (χ0n) is 10.4. The molecule has 0 saturated heterocycles. The summed E-state index contributed by atoms with van der Waals surface area (Å²) in [5.41, 5.74) is 6.50. The van der Waals surface area contributed by atoms with Gasteiger partial charge in [0.25, 0.3) is 0 Å². The first-order valence-electron chi connectivity index (χ1n) is 5.80. The van der Waals surface area contributed by atoms with E-state index in [0.717, 1.165) is 5.56 Å². The maximum Gasteiger partial charge on any atom is 0.306 e. The number of nitrogens with two attached hydrogens (primary N) is 1. The topological polar surface area (TPSA) is 81.4 Å². The van der Waals surface area contributed by atoms with Crippen molar-refractivity contribution < 1.29 is 14.3 Å². The summed E-state index contributed by atoms with van der Waals surface area (Å²) in [4.78, 5) is 22.5. The van der Waals surface area contributed by atoms with E-state index in [1.54, 1.807) is 0 Å². The third-order valence-corrected chi connectivity index (χ3v) is 2.49. The summed E-state index contributed by atoms with van der Waals surface area (Å²) in [6.07, 6.45) is 0.425. The van der Waals surface area contributed by atoms with Crippen LogP contribution in [0.2, 0.25) is 0 Å². The summed E-state index contributed by atoms with van der Waals surface area (Å²) >= 11 is 0. The normalized spacial score (nSPS) is 11.7. The summed E-state index contributed by atoms with van der Waals surface area (Å²) in [6, 6.07) is 8.75. The lowest BCUT2D eigenvalue weighted by Gasteiger charge is -2.09. The van der Waals surface area contributed by atoms with Crippen LogP contribution in [-0.4, -0.2) is 25.0 Å². The van der Waals surface area contributed by atoms with Crippen LogP contribution in [0.4, 0.5) is 0 Å². The van der Waals surface area contributed by atoms with E-state index in [1.165, 1.54) is 7.05 Å². The minimum absolute atomic E-state index is 0.140. The van der Waals surface area contributed by atoms with E-state index in [9.17, 15) is 9.59 Å². The highest BCUT2D eigenvalue weighted by atomic mass is 16.5. The molecule has 1 atom stereocenters. The number of hydrogen-bond donors (Lipinski definition) is 2. The minimum Gasteiger partial charge on any atom is -0.461 e. The molecule has 5 nitrogen and oxygen atoms in total. The van der Waals surface area contributed by atoms with Crippen molar-refractivity contribution in [1.82, 2.24) is 5.32 Å². The second kappa shape index (κ2) is 7.45. The number of esters is 1. The fourth-order valence-corrected chi connectivity index (χ4v) is 1.40. The molecular weight excluding hydrogens is 232 g/mol. The van der Waals surface area contributed by atoms with Crippen molar-refractivity contribution >= 4 is 11.9 Å². The Bertz CT molecular complexity index is 392. The molecule has 0 heterocycles. The van der Waals surface area contributed by atoms with Gasteiger partial charge in [0.15, 0.2) is 0 Å². The fraction of sp³-hybridized carbons (Fsp3) is 0.385. The maximum absolute atomic E-state index is 11.4. The van der Waals surface area contributed by atoms with Gasteiger partial charge in [-0.2, -0.15) is 0 Å². The second-order valence-electron chi connectivity index (χ2n) is 3.91. The van der Waals surface area contributed by atoms with Gasteiger partial charge in [-0.25, -0.2) is 0 Å². The highest BCUT2D eigenvalue weighted by molar-refractivity contribution is 5.81. The largest absolute Gasteiger partial charge is 0.461 e. The van der Waals surface area contributed by atoms with Gasteiger partial charge in [0.05, 0.1) is 6.04 Å². The van der Waals surface area contributed by atoms with Crippen LogP contribution >= 0.6 is 0 Å². The Morgan fingerprint density at radius 2 is 2.00 bits per heavy atom. The molecule has 0 bridgehead atoms. The number of likely N-dealkylation sites (N-methyl/N-ethyl adjacent to an activating group) is 1. The molecule has 0 aromatic heterocycles. The third-order valence-electron chi connectivity index (χ3n) is 2.49. The van der Waals surface area contributed by atoms with E-state index in [-0.39, 0.29) is 31.3 Å². The highest BCUT2D eigenvalue weighted by Crippen LogP contribution is 2.03. The van der Waals surface area contributed by atoms with Gasteiger partial charge >= 0.3 is 5.97 Å². The van der Waals surface area contributed by atoms with E-state index >= 15 is 0 Å². The van der Waals surface area contributed by atoms with Gasteiger partial charge < -0.3 is 15.8 Å². The Morgan fingerprint density at radius 1 is 1.33 bits per heavy atom. The van der Waals surface area contributed by atoms with Gasteiger partial charge in [-0.15, -0.1) is 0 Å². The zero-order valence-corrected chi connectivity index (χ0v) is 10.4. The number of carbonyl (C=O) groups excluding carboxylic acids is 2. The lowest BCUT2D eigenvalue weighted by Crippen LogP contribution is -2.38. The molecule has 0 saturated carbocycles. The fourth-order valence-electron chi connectivity index (χ4n) is 1.40. The van der Waals surface area contributed by atoms with Crippen LogP contribution < -0.4 is 11.1 Å². The minimum atomic E-state index is -0.667. The maximum atomic E-state index is 11.4. The molecule has 1 aromatic carbocycles. The average molecular weight is 250 g/mol. The van der Waals surface area contributed by atoms with Crippen LogP contribution in [0.3, 0.4) is 0 Å². The highest BCUT2D eigenvalue weighted by Gasteiger charge is 2.14. The number of benzene rings is 1. The van der Waals surface area contributed by atoms with Crippen LogP contribution in [0.15, 0.2) is 30.3 Å². The van der Waals surface area contributed by atoms with E-state index in [0.29, 0.717) is 0 Å². The van der Waals surface area contributed by atoms with Crippen molar-refractivity contribution in [1.29, 1.82) is 0 Å². The Balaban J connectivity index is 2.24. The van der Waals surface area contributed by atoms with Gasteiger partial charge in [-0.05, 0) is 12.0 Å². The van der Waals surface area contributed by atoms with E-state index < -0.39 is 6.04 Å². The molecule has 98 valence electrons. The Morgan fingerprint density at radius 3 is 2.61 bits per heavy atom. The molecule has 1 aromatic rings. The van der Waals surface area contributed by atoms with Gasteiger partial charge in [-0.3, -0.25) is 9.59 Å². The van der Waals surface area contributed by atoms with E-state index in [1.807, 2.05) is 30.3 Å². The standard InChI is InChI=1S/C13H18N2O3/c1-15-13(17)11(14)7-8-12(16)18-9-10-5-3-2-4-6-10/h2-6,11H,7-9,14H2,1H3,(H,15,17)/t11-/m1/s1. The van der Waals surface area contributed by atoms with Crippen LogP contribution in [0, 0.1) is 0 Å². The van der Waals surface area contributed by atoms with Crippen molar-refractivity contribution in [2.45, 2.75) is 25.5 Å². The average Bonchev–Trinajstić information content (AvgIpc) is 2.42. The first-order valence-corrected chi connectivity index (χ1v) is 5.80. The first kappa shape index (κ1) is 14.2. The third kappa shape index (κ3) is 4.97. The number of carbonyl (C=O) groups is 2. The van der Waals surface area contributed by atoms with Crippen molar-refractivity contribution in [2.75, 3.05) is 7.05 Å². The second-order valence-corrected chi connectivity index (χ2v) is 3.91. The molecule has 0 radical (unpaired) electrons. The van der Waals surface area contributed by atoms with Gasteiger partial charge in [0.2, 0.25) is 5.91 Å². The number of amides is 1.